The topological polar surface area (TPSA) is 69.5 Å². The number of aryl methyl sites for hydroxylation is 2. The molecule has 0 radical (unpaired) electrons. The molecule has 0 N–H and O–H groups in total. The Kier molecular flexibility index (Phi) is 7.59. The van der Waals surface area contributed by atoms with Crippen molar-refractivity contribution in [3.63, 3.8) is 0 Å². The van der Waals surface area contributed by atoms with Crippen LogP contribution in [0.3, 0.4) is 0 Å². The summed E-state index contributed by atoms with van der Waals surface area (Å²) in [5.41, 5.74) is 3.01. The van der Waals surface area contributed by atoms with E-state index in [1.54, 1.807) is 55.1 Å². The van der Waals surface area contributed by atoms with Crippen molar-refractivity contribution in [2.24, 2.45) is 0 Å². The maximum Gasteiger partial charge on any atom is 0.252 e. The molecule has 0 spiro atoms. The molecule has 0 aliphatic heterocycles. The van der Waals surface area contributed by atoms with Gasteiger partial charge in [-0.15, -0.1) is 0 Å². The number of para-hydroxylation sites is 1. The Labute approximate surface area is 203 Å². The van der Waals surface area contributed by atoms with Crippen molar-refractivity contribution in [2.75, 3.05) is 25.7 Å². The van der Waals surface area contributed by atoms with E-state index in [1.165, 1.54) is 5.56 Å². The van der Waals surface area contributed by atoms with E-state index in [-0.39, 0.29) is 5.91 Å². The molecule has 0 fully saturated rings. The summed E-state index contributed by atoms with van der Waals surface area (Å²) in [5, 5.41) is 0.712. The van der Waals surface area contributed by atoms with Crippen molar-refractivity contribution < 1.29 is 14.3 Å². The molecular formula is C26H28N4O3S. The van der Waals surface area contributed by atoms with Crippen LogP contribution in [0, 0.1) is 0 Å². The van der Waals surface area contributed by atoms with E-state index >= 15 is 0 Å². The lowest BCUT2D eigenvalue weighted by Gasteiger charge is -2.18. The van der Waals surface area contributed by atoms with Gasteiger partial charge in [0.15, 0.2) is 16.6 Å². The van der Waals surface area contributed by atoms with Crippen LogP contribution in [0.25, 0.3) is 16.3 Å². The van der Waals surface area contributed by atoms with Gasteiger partial charge in [0, 0.05) is 31.6 Å². The molecule has 2 aromatic heterocycles. The predicted molar refractivity (Wildman–Crippen MR) is 137 cm³/mol. The van der Waals surface area contributed by atoms with Crippen molar-refractivity contribution >= 4 is 38.7 Å². The van der Waals surface area contributed by atoms with Crippen LogP contribution in [-0.2, 0) is 17.8 Å². The summed E-state index contributed by atoms with van der Waals surface area (Å²) >= 11 is 1.55. The van der Waals surface area contributed by atoms with E-state index in [4.69, 9.17) is 14.5 Å². The fourth-order valence-corrected chi connectivity index (χ4v) is 4.78. The standard InChI is InChI=1S/C26H28N4O3S/c1-4-20-7-5-8-23-25(20)28-26(34-23)30(15-6-14-29-16-13-27-18-29)24(31)12-10-19-9-11-21(32-2)22(17-19)33-3/h5,7-13,16-18H,4,6,14-15H2,1-3H3/b12-10+. The molecule has 0 aliphatic rings. The molecule has 0 unspecified atom stereocenters. The lowest BCUT2D eigenvalue weighted by molar-refractivity contribution is -0.114. The number of benzene rings is 2. The highest BCUT2D eigenvalue weighted by molar-refractivity contribution is 7.22. The molecule has 4 rings (SSSR count). The number of rotatable bonds is 10. The number of nitrogens with zero attached hydrogens (tertiary/aromatic N) is 4. The van der Waals surface area contributed by atoms with Crippen LogP contribution in [0.5, 0.6) is 11.5 Å². The first kappa shape index (κ1) is 23.5. The second kappa shape index (κ2) is 11.0. The van der Waals surface area contributed by atoms with Gasteiger partial charge in [-0.2, -0.15) is 0 Å². The van der Waals surface area contributed by atoms with Crippen molar-refractivity contribution in [3.05, 3.63) is 72.3 Å². The highest BCUT2D eigenvalue weighted by atomic mass is 32.1. The van der Waals surface area contributed by atoms with Crippen molar-refractivity contribution in [3.8, 4) is 11.5 Å². The van der Waals surface area contributed by atoms with Gasteiger partial charge in [0.05, 0.1) is 30.8 Å². The van der Waals surface area contributed by atoms with Crippen molar-refractivity contribution in [1.82, 2.24) is 14.5 Å². The summed E-state index contributed by atoms with van der Waals surface area (Å²) in [6.07, 6.45) is 10.5. The minimum absolute atomic E-state index is 0.113. The highest BCUT2D eigenvalue weighted by Crippen LogP contribution is 2.32. The van der Waals surface area contributed by atoms with Crippen LogP contribution in [0.15, 0.2) is 61.2 Å². The summed E-state index contributed by atoms with van der Waals surface area (Å²) < 4.78 is 13.8. The number of amides is 1. The Morgan fingerprint density at radius 1 is 1.18 bits per heavy atom. The van der Waals surface area contributed by atoms with Gasteiger partial charge < -0.3 is 14.0 Å². The highest BCUT2D eigenvalue weighted by Gasteiger charge is 2.19. The van der Waals surface area contributed by atoms with Gasteiger partial charge >= 0.3 is 0 Å². The number of ether oxygens (including phenoxy) is 2. The molecule has 176 valence electrons. The normalized spacial score (nSPS) is 11.3. The maximum atomic E-state index is 13.3. The van der Waals surface area contributed by atoms with Gasteiger partial charge in [-0.25, -0.2) is 9.97 Å². The summed E-state index contributed by atoms with van der Waals surface area (Å²) in [4.78, 5) is 24.1. The molecule has 4 aromatic rings. The molecule has 0 saturated heterocycles. The molecule has 2 aromatic carbocycles. The van der Waals surface area contributed by atoms with Crippen LogP contribution in [-0.4, -0.2) is 41.2 Å². The van der Waals surface area contributed by atoms with Gasteiger partial charge in [0.2, 0.25) is 0 Å². The average molecular weight is 477 g/mol. The molecule has 34 heavy (non-hydrogen) atoms. The summed E-state index contributed by atoms with van der Waals surface area (Å²) in [6.45, 7) is 3.44. The van der Waals surface area contributed by atoms with Gasteiger partial charge in [0.1, 0.15) is 0 Å². The molecule has 2 heterocycles. The Hall–Kier alpha value is -3.65. The Balaban J connectivity index is 1.59. The van der Waals surface area contributed by atoms with Gasteiger partial charge in [-0.05, 0) is 48.2 Å². The number of fused-ring (bicyclic) bond motifs is 1. The van der Waals surface area contributed by atoms with E-state index in [2.05, 4.69) is 24.0 Å². The van der Waals surface area contributed by atoms with Gasteiger partial charge in [-0.3, -0.25) is 9.69 Å². The van der Waals surface area contributed by atoms with E-state index in [9.17, 15) is 4.79 Å². The number of hydrogen-bond donors (Lipinski definition) is 0. The fourth-order valence-electron chi connectivity index (χ4n) is 3.74. The number of anilines is 1. The Morgan fingerprint density at radius 3 is 2.76 bits per heavy atom. The SMILES string of the molecule is CCc1cccc2sc(N(CCCn3ccnc3)C(=O)/C=C/c3ccc(OC)c(OC)c3)nc12. The molecule has 0 bridgehead atoms. The first-order valence-electron chi connectivity index (χ1n) is 11.2. The molecule has 8 heteroatoms. The number of thiazole rings is 1. The number of carbonyl (C=O) groups excluding carboxylic acids is 1. The largest absolute Gasteiger partial charge is 0.493 e. The first-order valence-corrected chi connectivity index (χ1v) is 12.0. The van der Waals surface area contributed by atoms with Crippen LogP contribution >= 0.6 is 11.3 Å². The van der Waals surface area contributed by atoms with Crippen molar-refractivity contribution in [2.45, 2.75) is 26.3 Å². The average Bonchev–Trinajstić information content (AvgIpc) is 3.54. The van der Waals surface area contributed by atoms with E-state index in [1.807, 2.05) is 35.0 Å². The molecule has 1 amide bonds. The number of imidazole rings is 1. The molecule has 0 aliphatic carbocycles. The van der Waals surface area contributed by atoms with Crippen LogP contribution in [0.1, 0.15) is 24.5 Å². The van der Waals surface area contributed by atoms with Crippen molar-refractivity contribution in [1.29, 1.82) is 0 Å². The number of hydrogen-bond acceptors (Lipinski definition) is 6. The summed E-state index contributed by atoms with van der Waals surface area (Å²) in [5.74, 6) is 1.15. The zero-order valence-electron chi connectivity index (χ0n) is 19.6. The molecular weight excluding hydrogens is 448 g/mol. The third-order valence-corrected chi connectivity index (χ3v) is 6.60. The quantitative estimate of drug-likeness (QED) is 0.294. The second-order valence-electron chi connectivity index (χ2n) is 7.71. The fraction of sp³-hybridized carbons (Fsp3) is 0.269. The van der Waals surface area contributed by atoms with Gasteiger partial charge in [0.25, 0.3) is 5.91 Å². The predicted octanol–water partition coefficient (Wildman–Crippen LogP) is 5.21. The number of methoxy groups -OCH3 is 2. The van der Waals surface area contributed by atoms with E-state index in [0.717, 1.165) is 35.2 Å². The maximum absolute atomic E-state index is 13.3. The smallest absolute Gasteiger partial charge is 0.252 e. The summed E-state index contributed by atoms with van der Waals surface area (Å²) in [6, 6.07) is 11.8. The van der Waals surface area contributed by atoms with Crippen LogP contribution in [0.4, 0.5) is 5.13 Å². The molecule has 0 atom stereocenters. The molecule has 0 saturated carbocycles. The third-order valence-electron chi connectivity index (χ3n) is 5.55. The second-order valence-corrected chi connectivity index (χ2v) is 8.71. The van der Waals surface area contributed by atoms with E-state index in [0.29, 0.717) is 23.2 Å². The first-order chi connectivity index (χ1) is 16.6. The van der Waals surface area contributed by atoms with Crippen LogP contribution in [0.2, 0.25) is 0 Å². The minimum atomic E-state index is -0.113. The number of carbonyl (C=O) groups is 1. The number of aromatic nitrogens is 3. The molecule has 7 nitrogen and oxygen atoms in total. The zero-order valence-corrected chi connectivity index (χ0v) is 20.4. The Bertz CT molecular complexity index is 1280. The van der Waals surface area contributed by atoms with E-state index < -0.39 is 0 Å². The minimum Gasteiger partial charge on any atom is -0.493 e. The zero-order chi connectivity index (χ0) is 23.9. The Morgan fingerprint density at radius 2 is 2.03 bits per heavy atom. The lowest BCUT2D eigenvalue weighted by Crippen LogP contribution is -2.30. The van der Waals surface area contributed by atoms with Gasteiger partial charge in [-0.1, -0.05) is 36.5 Å². The van der Waals surface area contributed by atoms with Crippen LogP contribution < -0.4 is 14.4 Å². The third kappa shape index (κ3) is 5.28. The monoisotopic (exact) mass is 476 g/mol. The summed E-state index contributed by atoms with van der Waals surface area (Å²) in [7, 11) is 3.19. The lowest BCUT2D eigenvalue weighted by atomic mass is 10.1.